The average molecular weight is 266 g/mol. The summed E-state index contributed by atoms with van der Waals surface area (Å²) in [5.41, 5.74) is 5.79. The third kappa shape index (κ3) is 4.17. The Labute approximate surface area is 114 Å². The summed E-state index contributed by atoms with van der Waals surface area (Å²) in [6.07, 6.45) is 4.61. The first-order chi connectivity index (χ1) is 9.13. The average Bonchev–Trinajstić information content (AvgIpc) is 2.43. The number of rotatable bonds is 7. The number of anilines is 1. The molecule has 0 unspecified atom stereocenters. The van der Waals surface area contributed by atoms with Crippen molar-refractivity contribution < 1.29 is 9.53 Å². The molecule has 2 N–H and O–H groups in total. The number of carbonyl (C=O) groups excluding carboxylic acids is 1. The predicted octanol–water partition coefficient (Wildman–Crippen LogP) is 1.34. The van der Waals surface area contributed by atoms with Crippen LogP contribution in [-0.4, -0.2) is 47.1 Å². The van der Waals surface area contributed by atoms with Gasteiger partial charge in [-0.3, -0.25) is 4.79 Å². The summed E-state index contributed by atoms with van der Waals surface area (Å²) < 4.78 is 5.07. The lowest BCUT2D eigenvalue weighted by Crippen LogP contribution is -2.42. The molecule has 0 atom stereocenters. The number of nitrogens with two attached hydrogens (primary N) is 1. The van der Waals surface area contributed by atoms with Gasteiger partial charge in [0.1, 0.15) is 11.5 Å². The molecule has 1 rings (SSSR count). The lowest BCUT2D eigenvalue weighted by molar-refractivity contribution is 0.0583. The Kier molecular flexibility index (Phi) is 6.21. The minimum atomic E-state index is -0.127. The van der Waals surface area contributed by atoms with Crippen molar-refractivity contribution in [2.75, 3.05) is 26.0 Å². The van der Waals surface area contributed by atoms with Crippen molar-refractivity contribution in [1.82, 2.24) is 14.9 Å². The van der Waals surface area contributed by atoms with Gasteiger partial charge in [0, 0.05) is 19.7 Å². The van der Waals surface area contributed by atoms with Crippen LogP contribution in [0.15, 0.2) is 12.4 Å². The van der Waals surface area contributed by atoms with E-state index in [9.17, 15) is 4.79 Å². The zero-order valence-corrected chi connectivity index (χ0v) is 11.8. The second kappa shape index (κ2) is 7.68. The normalized spacial score (nSPS) is 10.7. The summed E-state index contributed by atoms with van der Waals surface area (Å²) >= 11 is 0. The Morgan fingerprint density at radius 3 is 2.53 bits per heavy atom. The zero-order valence-electron chi connectivity index (χ0n) is 11.8. The van der Waals surface area contributed by atoms with Gasteiger partial charge in [0.2, 0.25) is 0 Å². The molecular formula is C13H22N4O2. The number of methoxy groups -OCH3 is 1. The minimum absolute atomic E-state index is 0.127. The number of aromatic nitrogens is 2. The molecule has 0 bridgehead atoms. The molecule has 0 spiro atoms. The summed E-state index contributed by atoms with van der Waals surface area (Å²) in [6.45, 7) is 5.18. The lowest BCUT2D eigenvalue weighted by Gasteiger charge is -2.30. The molecule has 6 nitrogen and oxygen atoms in total. The molecule has 106 valence electrons. The number of hydrogen-bond donors (Lipinski definition) is 1. The topological polar surface area (TPSA) is 81.3 Å². The summed E-state index contributed by atoms with van der Waals surface area (Å²) in [7, 11) is 1.62. The van der Waals surface area contributed by atoms with E-state index < -0.39 is 0 Å². The molecule has 0 radical (unpaired) electrons. The molecule has 0 aliphatic heterocycles. The highest BCUT2D eigenvalue weighted by atomic mass is 16.5. The van der Waals surface area contributed by atoms with Gasteiger partial charge < -0.3 is 15.4 Å². The van der Waals surface area contributed by atoms with Gasteiger partial charge in [-0.05, 0) is 12.8 Å². The summed E-state index contributed by atoms with van der Waals surface area (Å²) in [5, 5.41) is 0. The van der Waals surface area contributed by atoms with Crippen LogP contribution in [0.5, 0.6) is 0 Å². The Bertz CT molecular complexity index is 390. The first kappa shape index (κ1) is 15.4. The SMILES string of the molecule is CCC(CC)N(CCOC)C(=O)c1cnc(N)cn1. The molecule has 19 heavy (non-hydrogen) atoms. The van der Waals surface area contributed by atoms with Crippen LogP contribution in [0.3, 0.4) is 0 Å². The van der Waals surface area contributed by atoms with Crippen LogP contribution in [0.1, 0.15) is 37.2 Å². The van der Waals surface area contributed by atoms with Gasteiger partial charge in [-0.25, -0.2) is 9.97 Å². The van der Waals surface area contributed by atoms with Gasteiger partial charge in [-0.2, -0.15) is 0 Å². The van der Waals surface area contributed by atoms with E-state index >= 15 is 0 Å². The fourth-order valence-electron chi connectivity index (χ4n) is 1.96. The summed E-state index contributed by atoms with van der Waals surface area (Å²) in [5.74, 6) is 0.181. The first-order valence-electron chi connectivity index (χ1n) is 6.51. The molecule has 0 saturated carbocycles. The van der Waals surface area contributed by atoms with Crippen LogP contribution in [-0.2, 0) is 4.74 Å². The van der Waals surface area contributed by atoms with E-state index in [2.05, 4.69) is 23.8 Å². The number of hydrogen-bond acceptors (Lipinski definition) is 5. The van der Waals surface area contributed by atoms with Gasteiger partial charge in [-0.15, -0.1) is 0 Å². The monoisotopic (exact) mass is 266 g/mol. The van der Waals surface area contributed by atoms with Crippen LogP contribution in [0.2, 0.25) is 0 Å². The molecule has 6 heteroatoms. The fourth-order valence-corrected chi connectivity index (χ4v) is 1.96. The maximum Gasteiger partial charge on any atom is 0.274 e. The third-order valence-corrected chi connectivity index (χ3v) is 3.07. The molecule has 0 aliphatic rings. The number of amides is 1. The van der Waals surface area contributed by atoms with E-state index in [-0.39, 0.29) is 11.9 Å². The molecule has 1 aromatic heterocycles. The standard InChI is InChI=1S/C13H22N4O2/c1-4-10(5-2)17(6-7-19-3)13(18)11-8-16-12(14)9-15-11/h8-10H,4-7H2,1-3H3,(H2,14,16). The second-order valence-corrected chi connectivity index (χ2v) is 4.29. The maximum absolute atomic E-state index is 12.4. The second-order valence-electron chi connectivity index (χ2n) is 4.29. The van der Waals surface area contributed by atoms with Gasteiger partial charge in [-0.1, -0.05) is 13.8 Å². The Morgan fingerprint density at radius 1 is 1.37 bits per heavy atom. The number of carbonyl (C=O) groups is 1. The van der Waals surface area contributed by atoms with Crippen molar-refractivity contribution in [3.05, 3.63) is 18.1 Å². The smallest absolute Gasteiger partial charge is 0.274 e. The minimum Gasteiger partial charge on any atom is -0.383 e. The highest BCUT2D eigenvalue weighted by molar-refractivity contribution is 5.92. The maximum atomic E-state index is 12.4. The molecule has 0 fully saturated rings. The largest absolute Gasteiger partial charge is 0.383 e. The van der Waals surface area contributed by atoms with Crippen molar-refractivity contribution >= 4 is 11.7 Å². The Morgan fingerprint density at radius 2 is 2.05 bits per heavy atom. The first-order valence-corrected chi connectivity index (χ1v) is 6.51. The molecule has 0 saturated heterocycles. The van der Waals surface area contributed by atoms with Crippen LogP contribution < -0.4 is 5.73 Å². The van der Waals surface area contributed by atoms with Crippen molar-refractivity contribution in [2.45, 2.75) is 32.7 Å². The van der Waals surface area contributed by atoms with E-state index in [0.717, 1.165) is 12.8 Å². The molecule has 1 aromatic rings. The Hall–Kier alpha value is -1.69. The third-order valence-electron chi connectivity index (χ3n) is 3.07. The fraction of sp³-hybridized carbons (Fsp3) is 0.615. The van der Waals surface area contributed by atoms with Crippen molar-refractivity contribution in [3.8, 4) is 0 Å². The lowest BCUT2D eigenvalue weighted by atomic mass is 10.1. The molecular weight excluding hydrogens is 244 g/mol. The van der Waals surface area contributed by atoms with Crippen LogP contribution in [0.25, 0.3) is 0 Å². The van der Waals surface area contributed by atoms with Gasteiger partial charge in [0.25, 0.3) is 5.91 Å². The molecule has 1 heterocycles. The van der Waals surface area contributed by atoms with Gasteiger partial charge in [0.15, 0.2) is 0 Å². The van der Waals surface area contributed by atoms with E-state index in [1.54, 1.807) is 12.0 Å². The van der Waals surface area contributed by atoms with Crippen molar-refractivity contribution in [3.63, 3.8) is 0 Å². The van der Waals surface area contributed by atoms with E-state index in [4.69, 9.17) is 10.5 Å². The van der Waals surface area contributed by atoms with Crippen LogP contribution in [0.4, 0.5) is 5.82 Å². The summed E-state index contributed by atoms with van der Waals surface area (Å²) in [4.78, 5) is 22.2. The highest BCUT2D eigenvalue weighted by Crippen LogP contribution is 2.12. The van der Waals surface area contributed by atoms with Gasteiger partial charge >= 0.3 is 0 Å². The van der Waals surface area contributed by atoms with Crippen molar-refractivity contribution in [2.24, 2.45) is 0 Å². The van der Waals surface area contributed by atoms with Crippen LogP contribution in [0, 0.1) is 0 Å². The number of nitrogen functional groups attached to an aromatic ring is 1. The molecule has 1 amide bonds. The number of ether oxygens (including phenoxy) is 1. The molecule has 0 aliphatic carbocycles. The summed E-state index contributed by atoms with van der Waals surface area (Å²) in [6, 6.07) is 0.182. The Balaban J connectivity index is 2.89. The van der Waals surface area contributed by atoms with E-state index in [1.165, 1.54) is 12.4 Å². The number of nitrogens with zero attached hydrogens (tertiary/aromatic N) is 3. The van der Waals surface area contributed by atoms with Crippen molar-refractivity contribution in [1.29, 1.82) is 0 Å². The highest BCUT2D eigenvalue weighted by Gasteiger charge is 2.23. The van der Waals surface area contributed by atoms with E-state index in [0.29, 0.717) is 24.7 Å². The zero-order chi connectivity index (χ0) is 14.3. The predicted molar refractivity (Wildman–Crippen MR) is 73.7 cm³/mol. The van der Waals surface area contributed by atoms with Gasteiger partial charge in [0.05, 0.1) is 19.0 Å². The molecule has 0 aromatic carbocycles. The van der Waals surface area contributed by atoms with Crippen LogP contribution >= 0.6 is 0 Å². The quantitative estimate of drug-likeness (QED) is 0.805. The van der Waals surface area contributed by atoms with E-state index in [1.807, 2.05) is 0 Å².